The number of nitrogens with zero attached hydrogens (tertiary/aromatic N) is 1. The van der Waals surface area contributed by atoms with Gasteiger partial charge in [0.2, 0.25) is 0 Å². The van der Waals surface area contributed by atoms with Gasteiger partial charge >= 0.3 is 5.97 Å². The summed E-state index contributed by atoms with van der Waals surface area (Å²) in [5, 5.41) is 2.73. The number of hydrogen-bond donors (Lipinski definition) is 1. The minimum Gasteiger partial charge on any atom is -0.423 e. The number of hydrogen-bond acceptors (Lipinski definition) is 5. The number of aryl methyl sites for hydroxylation is 1. The number of ether oxygens (including phenoxy) is 1. The topological polar surface area (TPSA) is 75.7 Å². The Morgan fingerprint density at radius 2 is 1.64 bits per heavy atom. The molecule has 33 heavy (non-hydrogen) atoms. The van der Waals surface area contributed by atoms with Gasteiger partial charge < -0.3 is 10.1 Å². The number of amides is 2. The number of anilines is 2. The molecule has 4 rings (SSSR count). The number of imide groups is 1. The predicted octanol–water partition coefficient (Wildman–Crippen LogP) is 5.51. The highest BCUT2D eigenvalue weighted by Gasteiger charge is 2.39. The molecule has 0 spiro atoms. The Kier molecular flexibility index (Phi) is 6.80. The Bertz CT molecular complexity index is 1270. The maximum absolute atomic E-state index is 13.0. The van der Waals surface area contributed by atoms with Crippen LogP contribution >= 0.6 is 34.2 Å². The van der Waals surface area contributed by atoms with E-state index in [2.05, 4.69) is 27.9 Å². The molecule has 6 nitrogen and oxygen atoms in total. The van der Waals surface area contributed by atoms with E-state index in [1.165, 1.54) is 0 Å². The largest absolute Gasteiger partial charge is 0.423 e. The first-order valence-corrected chi connectivity index (χ1v) is 11.6. The summed E-state index contributed by atoms with van der Waals surface area (Å²) in [7, 11) is 0. The van der Waals surface area contributed by atoms with Gasteiger partial charge in [0.25, 0.3) is 11.8 Å². The van der Waals surface area contributed by atoms with E-state index < -0.39 is 17.8 Å². The highest BCUT2D eigenvalue weighted by molar-refractivity contribution is 14.1. The van der Waals surface area contributed by atoms with E-state index >= 15 is 0 Å². The second kappa shape index (κ2) is 9.76. The number of nitrogens with one attached hydrogen (secondary N) is 1. The number of esters is 1. The molecule has 1 N–H and O–H groups in total. The maximum atomic E-state index is 13.0. The lowest BCUT2D eigenvalue weighted by atomic mass is 10.1. The summed E-state index contributed by atoms with van der Waals surface area (Å²) in [6.45, 7) is 1.95. The lowest BCUT2D eigenvalue weighted by Gasteiger charge is -2.18. The minimum absolute atomic E-state index is 0.0122. The van der Waals surface area contributed by atoms with E-state index in [9.17, 15) is 14.4 Å². The fourth-order valence-electron chi connectivity index (χ4n) is 3.36. The molecule has 0 aromatic heterocycles. The molecule has 0 saturated carbocycles. The van der Waals surface area contributed by atoms with E-state index in [0.717, 1.165) is 14.0 Å². The number of halogens is 2. The monoisotopic (exact) mass is 572 g/mol. The van der Waals surface area contributed by atoms with Gasteiger partial charge in [-0.15, -0.1) is 0 Å². The van der Waals surface area contributed by atoms with E-state index in [4.69, 9.17) is 16.3 Å². The first-order valence-electron chi connectivity index (χ1n) is 10.1. The summed E-state index contributed by atoms with van der Waals surface area (Å²) in [6.07, 6.45) is 0.660. The predicted molar refractivity (Wildman–Crippen MR) is 135 cm³/mol. The number of carbonyl (C=O) groups is 3. The molecule has 3 aromatic rings. The van der Waals surface area contributed by atoms with E-state index in [1.807, 2.05) is 31.2 Å². The SMILES string of the molecule is CCc1ccccc1N1C(=O)C(Cl)=C(Nc2ccc(C(=O)Oc3ccc(I)cc3)cc2)C1=O. The molecule has 1 heterocycles. The minimum atomic E-state index is -0.581. The molecule has 8 heteroatoms. The Morgan fingerprint density at radius 1 is 0.970 bits per heavy atom. The van der Waals surface area contributed by atoms with Crippen molar-refractivity contribution in [3.8, 4) is 5.75 Å². The summed E-state index contributed by atoms with van der Waals surface area (Å²) in [5.74, 6) is -1.17. The average molecular weight is 573 g/mol. The van der Waals surface area contributed by atoms with E-state index in [1.54, 1.807) is 48.5 Å². The van der Waals surface area contributed by atoms with Gasteiger partial charge in [-0.3, -0.25) is 9.59 Å². The second-order valence-electron chi connectivity index (χ2n) is 7.16. The Balaban J connectivity index is 1.49. The third-order valence-corrected chi connectivity index (χ3v) is 6.12. The van der Waals surface area contributed by atoms with Crippen LogP contribution < -0.4 is 15.0 Å². The normalized spacial score (nSPS) is 13.5. The second-order valence-corrected chi connectivity index (χ2v) is 8.79. The highest BCUT2D eigenvalue weighted by atomic mass is 127. The number of benzene rings is 3. The van der Waals surface area contributed by atoms with Crippen molar-refractivity contribution >= 4 is 63.4 Å². The molecule has 1 aliphatic rings. The molecule has 0 radical (unpaired) electrons. The third kappa shape index (κ3) is 4.79. The molecular formula is C25H18ClIN2O4. The molecule has 2 amide bonds. The standard InChI is InChI=1S/C25H18ClIN2O4/c1-2-15-5-3-4-6-20(15)29-23(30)21(26)22(24(29)31)28-18-11-7-16(8-12-18)25(32)33-19-13-9-17(27)10-14-19/h3-14,28H,2H2,1H3. The van der Waals surface area contributed by atoms with Crippen LogP contribution in [0.25, 0.3) is 0 Å². The molecule has 0 bridgehead atoms. The fourth-order valence-corrected chi connectivity index (χ4v) is 3.93. The summed E-state index contributed by atoms with van der Waals surface area (Å²) in [6, 6.07) is 20.7. The fraction of sp³-hybridized carbons (Fsp3) is 0.0800. The van der Waals surface area contributed by atoms with Gasteiger partial charge in [-0.25, -0.2) is 9.69 Å². The zero-order chi connectivity index (χ0) is 23.5. The first kappa shape index (κ1) is 23.0. The van der Waals surface area contributed by atoms with Crippen LogP contribution in [-0.2, 0) is 16.0 Å². The average Bonchev–Trinajstić information content (AvgIpc) is 3.04. The highest BCUT2D eigenvalue weighted by Crippen LogP contribution is 2.32. The summed E-state index contributed by atoms with van der Waals surface area (Å²) >= 11 is 8.40. The molecule has 0 saturated heterocycles. The van der Waals surface area contributed by atoms with Gasteiger partial charge in [-0.1, -0.05) is 36.7 Å². The summed E-state index contributed by atoms with van der Waals surface area (Å²) in [5.41, 5.74) is 2.20. The van der Waals surface area contributed by atoms with Crippen molar-refractivity contribution in [1.29, 1.82) is 0 Å². The molecule has 3 aromatic carbocycles. The van der Waals surface area contributed by atoms with Gasteiger partial charge in [0.15, 0.2) is 0 Å². The number of carbonyl (C=O) groups excluding carboxylic acids is 3. The first-order chi connectivity index (χ1) is 15.9. The van der Waals surface area contributed by atoms with Crippen molar-refractivity contribution in [1.82, 2.24) is 0 Å². The van der Waals surface area contributed by atoms with Crippen LogP contribution in [0.2, 0.25) is 0 Å². The molecule has 0 unspecified atom stereocenters. The van der Waals surface area contributed by atoms with Crippen LogP contribution in [0.5, 0.6) is 5.75 Å². The van der Waals surface area contributed by atoms with Crippen molar-refractivity contribution in [2.24, 2.45) is 0 Å². The van der Waals surface area contributed by atoms with Gasteiger partial charge in [0, 0.05) is 9.26 Å². The molecule has 1 aliphatic heterocycles. The maximum Gasteiger partial charge on any atom is 0.343 e. The van der Waals surface area contributed by atoms with Crippen molar-refractivity contribution < 1.29 is 19.1 Å². The van der Waals surface area contributed by atoms with Crippen molar-refractivity contribution in [2.45, 2.75) is 13.3 Å². The molecule has 0 fully saturated rings. The van der Waals surface area contributed by atoms with E-state index in [-0.39, 0.29) is 10.7 Å². The third-order valence-electron chi connectivity index (χ3n) is 5.05. The summed E-state index contributed by atoms with van der Waals surface area (Å²) < 4.78 is 6.40. The zero-order valence-corrected chi connectivity index (χ0v) is 20.4. The van der Waals surface area contributed by atoms with Crippen molar-refractivity contribution in [2.75, 3.05) is 10.2 Å². The Hall–Kier alpha value is -3.17. The smallest absolute Gasteiger partial charge is 0.343 e. The molecular weight excluding hydrogens is 555 g/mol. The van der Waals surface area contributed by atoms with Gasteiger partial charge in [0.1, 0.15) is 16.5 Å². The lowest BCUT2D eigenvalue weighted by Crippen LogP contribution is -2.33. The van der Waals surface area contributed by atoms with Gasteiger partial charge in [-0.05, 0) is 89.2 Å². The van der Waals surface area contributed by atoms with Gasteiger partial charge in [0.05, 0.1) is 11.3 Å². The molecule has 166 valence electrons. The molecule has 0 atom stereocenters. The van der Waals surface area contributed by atoms with Crippen LogP contribution in [0.1, 0.15) is 22.8 Å². The Morgan fingerprint density at radius 3 is 2.30 bits per heavy atom. The van der Waals surface area contributed by atoms with Crippen LogP contribution in [0.3, 0.4) is 0 Å². The van der Waals surface area contributed by atoms with Gasteiger partial charge in [-0.2, -0.15) is 0 Å². The van der Waals surface area contributed by atoms with Crippen LogP contribution in [0, 0.1) is 3.57 Å². The Labute approximate surface area is 209 Å². The zero-order valence-electron chi connectivity index (χ0n) is 17.5. The van der Waals surface area contributed by atoms with E-state index in [0.29, 0.717) is 29.1 Å². The van der Waals surface area contributed by atoms with Crippen LogP contribution in [0.4, 0.5) is 11.4 Å². The van der Waals surface area contributed by atoms with Crippen LogP contribution in [-0.4, -0.2) is 17.8 Å². The lowest BCUT2D eigenvalue weighted by molar-refractivity contribution is -0.120. The van der Waals surface area contributed by atoms with Crippen LogP contribution in [0.15, 0.2) is 83.5 Å². The number of rotatable bonds is 6. The number of para-hydroxylation sites is 1. The quantitative estimate of drug-likeness (QED) is 0.183. The molecule has 0 aliphatic carbocycles. The van der Waals surface area contributed by atoms with Crippen molar-refractivity contribution in [3.63, 3.8) is 0 Å². The summed E-state index contributed by atoms with van der Waals surface area (Å²) in [4.78, 5) is 39.2. The van der Waals surface area contributed by atoms with Crippen molar-refractivity contribution in [3.05, 3.63) is 98.2 Å².